The van der Waals surface area contributed by atoms with Gasteiger partial charge >= 0.3 is 0 Å². The number of aromatic hydroxyl groups is 1. The van der Waals surface area contributed by atoms with Crippen molar-refractivity contribution in [2.75, 3.05) is 11.5 Å². The first-order valence-electron chi connectivity index (χ1n) is 5.54. The molecular formula is C12H14ClNO2S. The van der Waals surface area contributed by atoms with E-state index in [9.17, 15) is 9.90 Å². The number of carbonyl (C=O) groups is 1. The molecule has 0 aromatic heterocycles. The zero-order valence-corrected chi connectivity index (χ0v) is 10.9. The summed E-state index contributed by atoms with van der Waals surface area (Å²) in [7, 11) is 0. The molecule has 1 unspecified atom stereocenters. The van der Waals surface area contributed by atoms with Gasteiger partial charge in [0, 0.05) is 16.8 Å². The van der Waals surface area contributed by atoms with E-state index in [2.05, 4.69) is 5.32 Å². The number of carbonyl (C=O) groups excluding carboxylic acids is 1. The van der Waals surface area contributed by atoms with Crippen molar-refractivity contribution in [1.29, 1.82) is 0 Å². The molecule has 1 aromatic carbocycles. The lowest BCUT2D eigenvalue weighted by Crippen LogP contribution is -2.38. The average Bonchev–Trinajstić information content (AvgIpc) is 2.30. The predicted octanol–water partition coefficient (Wildman–Crippen LogP) is 2.67. The van der Waals surface area contributed by atoms with Gasteiger partial charge in [-0.25, -0.2) is 0 Å². The van der Waals surface area contributed by atoms with Gasteiger partial charge in [0.15, 0.2) is 0 Å². The molecule has 1 aromatic rings. The maximum atomic E-state index is 11.9. The van der Waals surface area contributed by atoms with Crippen molar-refractivity contribution in [2.24, 2.45) is 0 Å². The number of benzene rings is 1. The van der Waals surface area contributed by atoms with Gasteiger partial charge in [-0.15, -0.1) is 0 Å². The first-order chi connectivity index (χ1) is 8.16. The first kappa shape index (κ1) is 12.6. The van der Waals surface area contributed by atoms with Crippen molar-refractivity contribution in [3.63, 3.8) is 0 Å². The summed E-state index contributed by atoms with van der Waals surface area (Å²) in [4.78, 5) is 11.9. The van der Waals surface area contributed by atoms with Crippen LogP contribution in [0.4, 0.5) is 0 Å². The molecule has 1 fully saturated rings. The molecule has 0 saturated carbocycles. The zero-order valence-electron chi connectivity index (χ0n) is 9.28. The van der Waals surface area contributed by atoms with Crippen LogP contribution in [0.2, 0.25) is 5.02 Å². The Kier molecular flexibility index (Phi) is 4.18. The molecule has 5 heteroatoms. The van der Waals surface area contributed by atoms with E-state index in [4.69, 9.17) is 11.6 Å². The number of hydrogen-bond donors (Lipinski definition) is 2. The van der Waals surface area contributed by atoms with Crippen LogP contribution in [-0.4, -0.2) is 28.6 Å². The summed E-state index contributed by atoms with van der Waals surface area (Å²) in [5.74, 6) is 1.81. The monoisotopic (exact) mass is 271 g/mol. The van der Waals surface area contributed by atoms with Gasteiger partial charge in [-0.1, -0.05) is 11.6 Å². The number of phenols is 1. The molecule has 1 saturated heterocycles. The highest BCUT2D eigenvalue weighted by Gasteiger charge is 2.18. The predicted molar refractivity (Wildman–Crippen MR) is 70.9 cm³/mol. The summed E-state index contributed by atoms with van der Waals surface area (Å²) < 4.78 is 0. The van der Waals surface area contributed by atoms with E-state index in [1.54, 1.807) is 12.1 Å². The molecular weight excluding hydrogens is 258 g/mol. The minimum absolute atomic E-state index is 0.0709. The molecule has 1 aliphatic heterocycles. The summed E-state index contributed by atoms with van der Waals surface area (Å²) in [6.07, 6.45) is 2.13. The molecule has 2 N–H and O–H groups in total. The largest absolute Gasteiger partial charge is 0.507 e. The van der Waals surface area contributed by atoms with Crippen molar-refractivity contribution < 1.29 is 9.90 Å². The van der Waals surface area contributed by atoms with Crippen molar-refractivity contribution >= 4 is 29.3 Å². The fourth-order valence-electron chi connectivity index (χ4n) is 1.81. The Hall–Kier alpha value is -0.870. The molecule has 1 atom stereocenters. The maximum absolute atomic E-state index is 11.9. The van der Waals surface area contributed by atoms with Gasteiger partial charge < -0.3 is 10.4 Å². The smallest absolute Gasteiger partial charge is 0.255 e. The van der Waals surface area contributed by atoms with Gasteiger partial charge in [0.05, 0.1) is 5.56 Å². The molecule has 1 amide bonds. The number of halogens is 1. The van der Waals surface area contributed by atoms with Crippen LogP contribution in [0.1, 0.15) is 23.2 Å². The Labute approximate surface area is 110 Å². The molecule has 1 aliphatic rings. The molecule has 0 radical (unpaired) electrons. The van der Waals surface area contributed by atoms with Crippen LogP contribution in [0.25, 0.3) is 0 Å². The number of phenolic OH excluding ortho intramolecular Hbond substituents is 1. The van der Waals surface area contributed by atoms with Gasteiger partial charge in [0.2, 0.25) is 0 Å². The number of rotatable bonds is 2. The van der Waals surface area contributed by atoms with Gasteiger partial charge in [-0.05, 0) is 36.8 Å². The van der Waals surface area contributed by atoms with Crippen LogP contribution in [-0.2, 0) is 0 Å². The Morgan fingerprint density at radius 3 is 3.00 bits per heavy atom. The third-order valence-corrected chi connectivity index (χ3v) is 4.15. The molecule has 92 valence electrons. The minimum atomic E-state index is -0.230. The molecule has 17 heavy (non-hydrogen) atoms. The Balaban J connectivity index is 2.03. The molecule has 0 aliphatic carbocycles. The molecule has 3 nitrogen and oxygen atoms in total. The van der Waals surface area contributed by atoms with Crippen molar-refractivity contribution in [2.45, 2.75) is 18.9 Å². The summed E-state index contributed by atoms with van der Waals surface area (Å²) in [5.41, 5.74) is 0.282. The van der Waals surface area contributed by atoms with Crippen molar-refractivity contribution in [1.82, 2.24) is 5.32 Å². The number of thioether (sulfide) groups is 1. The lowest BCUT2D eigenvalue weighted by atomic mass is 10.1. The molecule has 0 spiro atoms. The maximum Gasteiger partial charge on any atom is 0.255 e. The minimum Gasteiger partial charge on any atom is -0.507 e. The SMILES string of the molecule is O=C(NC1CCCSC1)c1ccc(Cl)cc1O. The van der Waals surface area contributed by atoms with Gasteiger partial charge in [-0.3, -0.25) is 4.79 Å². The highest BCUT2D eigenvalue weighted by Crippen LogP contribution is 2.23. The van der Waals surface area contributed by atoms with E-state index >= 15 is 0 Å². The van der Waals surface area contributed by atoms with E-state index in [0.717, 1.165) is 18.6 Å². The van der Waals surface area contributed by atoms with Crippen LogP contribution >= 0.6 is 23.4 Å². The number of hydrogen-bond acceptors (Lipinski definition) is 3. The van der Waals surface area contributed by atoms with E-state index < -0.39 is 0 Å². The zero-order chi connectivity index (χ0) is 12.3. The van der Waals surface area contributed by atoms with E-state index in [0.29, 0.717) is 5.02 Å². The number of amides is 1. The second kappa shape index (κ2) is 5.65. The van der Waals surface area contributed by atoms with Gasteiger partial charge in [-0.2, -0.15) is 11.8 Å². The highest BCUT2D eigenvalue weighted by molar-refractivity contribution is 7.99. The van der Waals surface area contributed by atoms with Gasteiger partial charge in [0.25, 0.3) is 5.91 Å². The van der Waals surface area contributed by atoms with Gasteiger partial charge in [0.1, 0.15) is 5.75 Å². The quantitative estimate of drug-likeness (QED) is 0.869. The second-order valence-electron chi connectivity index (χ2n) is 4.05. The summed E-state index contributed by atoms with van der Waals surface area (Å²) >= 11 is 7.57. The third-order valence-electron chi connectivity index (χ3n) is 2.70. The van der Waals surface area contributed by atoms with Crippen molar-refractivity contribution in [3.05, 3.63) is 28.8 Å². The Bertz CT molecular complexity index is 419. The lowest BCUT2D eigenvalue weighted by Gasteiger charge is -2.22. The summed E-state index contributed by atoms with van der Waals surface area (Å²) in [6, 6.07) is 4.73. The highest BCUT2D eigenvalue weighted by atomic mass is 35.5. The van der Waals surface area contributed by atoms with E-state index in [-0.39, 0.29) is 23.3 Å². The molecule has 1 heterocycles. The van der Waals surface area contributed by atoms with Crippen LogP contribution in [0.3, 0.4) is 0 Å². The van der Waals surface area contributed by atoms with Crippen LogP contribution in [0.15, 0.2) is 18.2 Å². The van der Waals surface area contributed by atoms with Crippen molar-refractivity contribution in [3.8, 4) is 5.75 Å². The topological polar surface area (TPSA) is 49.3 Å². The lowest BCUT2D eigenvalue weighted by molar-refractivity contribution is 0.0936. The third kappa shape index (κ3) is 3.30. The van der Waals surface area contributed by atoms with E-state index in [1.165, 1.54) is 11.8 Å². The molecule has 0 bridgehead atoms. The van der Waals surface area contributed by atoms with E-state index in [1.807, 2.05) is 11.8 Å². The second-order valence-corrected chi connectivity index (χ2v) is 5.64. The fourth-order valence-corrected chi connectivity index (χ4v) is 3.05. The number of nitrogens with one attached hydrogen (secondary N) is 1. The van der Waals surface area contributed by atoms with Crippen LogP contribution in [0.5, 0.6) is 5.75 Å². The average molecular weight is 272 g/mol. The summed E-state index contributed by atoms with van der Waals surface area (Å²) in [6.45, 7) is 0. The normalized spacial score (nSPS) is 19.9. The van der Waals surface area contributed by atoms with Crippen LogP contribution < -0.4 is 5.32 Å². The summed E-state index contributed by atoms with van der Waals surface area (Å²) in [5, 5.41) is 13.0. The Morgan fingerprint density at radius 1 is 1.53 bits per heavy atom. The molecule has 2 rings (SSSR count). The fraction of sp³-hybridized carbons (Fsp3) is 0.417. The standard InChI is InChI=1S/C12H14ClNO2S/c13-8-3-4-10(11(15)6-8)12(16)14-9-2-1-5-17-7-9/h3-4,6,9,15H,1-2,5,7H2,(H,14,16). The Morgan fingerprint density at radius 2 is 2.35 bits per heavy atom. The van der Waals surface area contributed by atoms with Crippen LogP contribution in [0, 0.1) is 0 Å². The first-order valence-corrected chi connectivity index (χ1v) is 7.07.